The Bertz CT molecular complexity index is 302. The highest BCUT2D eigenvalue weighted by atomic mass is 17.0. The van der Waals surface area contributed by atoms with Crippen LogP contribution in [0.4, 0.5) is 0 Å². The molecular weight excluding hydrogens is 230 g/mol. The molecule has 7 nitrogen and oxygen atoms in total. The van der Waals surface area contributed by atoms with Gasteiger partial charge < -0.3 is 19.0 Å². The third-order valence-electron chi connectivity index (χ3n) is 2.69. The van der Waals surface area contributed by atoms with E-state index in [1.54, 1.807) is 0 Å². The smallest absolute Gasteiger partial charge is 0.294 e. The predicted octanol–water partition coefficient (Wildman–Crippen LogP) is 0.545. The summed E-state index contributed by atoms with van der Waals surface area (Å²) in [6.45, 7) is 6.38. The van der Waals surface area contributed by atoms with Gasteiger partial charge in [-0.1, -0.05) is 0 Å². The van der Waals surface area contributed by atoms with E-state index in [2.05, 4.69) is 4.84 Å². The van der Waals surface area contributed by atoms with Crippen molar-refractivity contribution in [1.82, 2.24) is 0 Å². The van der Waals surface area contributed by atoms with Crippen LogP contribution in [-0.2, 0) is 19.0 Å². The molecule has 0 aromatic heterocycles. The third kappa shape index (κ3) is 2.85. The van der Waals surface area contributed by atoms with Crippen molar-refractivity contribution in [1.29, 1.82) is 0 Å². The Morgan fingerprint density at radius 3 is 2.24 bits per heavy atom. The van der Waals surface area contributed by atoms with Crippen molar-refractivity contribution in [2.24, 2.45) is 0 Å². The SMILES string of the molecule is CC(C)(C)OC1CO[C@H]2C(O[N+](=O)[O-])CO[C@@H]12. The van der Waals surface area contributed by atoms with Crippen molar-refractivity contribution in [3.8, 4) is 0 Å². The van der Waals surface area contributed by atoms with Crippen molar-refractivity contribution in [3.63, 3.8) is 0 Å². The predicted molar refractivity (Wildman–Crippen MR) is 56.0 cm³/mol. The lowest BCUT2D eigenvalue weighted by atomic mass is 10.1. The van der Waals surface area contributed by atoms with Gasteiger partial charge in [-0.05, 0) is 20.8 Å². The van der Waals surface area contributed by atoms with E-state index in [1.807, 2.05) is 20.8 Å². The van der Waals surface area contributed by atoms with Gasteiger partial charge in [0.1, 0.15) is 18.3 Å². The minimum absolute atomic E-state index is 0.167. The topological polar surface area (TPSA) is 80.1 Å². The molecular formula is C10H17NO6. The molecule has 0 bridgehead atoms. The maximum Gasteiger partial charge on any atom is 0.294 e. The third-order valence-corrected chi connectivity index (χ3v) is 2.69. The van der Waals surface area contributed by atoms with Crippen LogP contribution in [0.25, 0.3) is 0 Å². The molecule has 0 N–H and O–H groups in total. The number of fused-ring (bicyclic) bond motifs is 1. The summed E-state index contributed by atoms with van der Waals surface area (Å²) in [6.07, 6.45) is -1.53. The molecule has 0 aromatic carbocycles. The van der Waals surface area contributed by atoms with Crippen LogP contribution in [0.3, 0.4) is 0 Å². The van der Waals surface area contributed by atoms with Crippen LogP contribution < -0.4 is 0 Å². The van der Waals surface area contributed by atoms with Crippen molar-refractivity contribution in [2.75, 3.05) is 13.2 Å². The van der Waals surface area contributed by atoms with Gasteiger partial charge in [-0.25, -0.2) is 0 Å². The first kappa shape index (κ1) is 12.5. The zero-order valence-electron chi connectivity index (χ0n) is 10.1. The lowest BCUT2D eigenvalue weighted by molar-refractivity contribution is -0.769. The average Bonchev–Trinajstić information content (AvgIpc) is 2.68. The first-order valence-electron chi connectivity index (χ1n) is 5.59. The summed E-state index contributed by atoms with van der Waals surface area (Å²) in [5, 5.41) is 9.49. The highest BCUT2D eigenvalue weighted by molar-refractivity contribution is 4.96. The molecule has 0 radical (unpaired) electrons. The lowest BCUT2D eigenvalue weighted by Crippen LogP contribution is -2.38. The fraction of sp³-hybridized carbons (Fsp3) is 1.00. The molecule has 2 fully saturated rings. The average molecular weight is 247 g/mol. The summed E-state index contributed by atoms with van der Waals surface area (Å²) in [5.41, 5.74) is -0.297. The molecule has 2 saturated heterocycles. The molecule has 2 heterocycles. The largest absolute Gasteiger partial charge is 0.370 e. The molecule has 0 aromatic rings. The number of hydrogen-bond acceptors (Lipinski definition) is 6. The molecule has 2 aliphatic rings. The van der Waals surface area contributed by atoms with Crippen LogP contribution >= 0.6 is 0 Å². The highest BCUT2D eigenvalue weighted by Gasteiger charge is 2.50. The summed E-state index contributed by atoms with van der Waals surface area (Å²) in [4.78, 5) is 14.8. The van der Waals surface area contributed by atoms with Crippen molar-refractivity contribution in [2.45, 2.75) is 50.8 Å². The summed E-state index contributed by atoms with van der Waals surface area (Å²) in [5.74, 6) is 0. The fourth-order valence-electron chi connectivity index (χ4n) is 2.19. The van der Waals surface area contributed by atoms with Gasteiger partial charge in [0.15, 0.2) is 6.10 Å². The van der Waals surface area contributed by atoms with Gasteiger partial charge in [-0.2, -0.15) is 0 Å². The summed E-state index contributed by atoms with van der Waals surface area (Å²) < 4.78 is 16.7. The fourth-order valence-corrected chi connectivity index (χ4v) is 2.19. The van der Waals surface area contributed by atoms with Crippen LogP contribution in [0.2, 0.25) is 0 Å². The van der Waals surface area contributed by atoms with Gasteiger partial charge in [0.05, 0.1) is 18.8 Å². The molecule has 0 amide bonds. The molecule has 0 spiro atoms. The van der Waals surface area contributed by atoms with E-state index in [0.29, 0.717) is 6.61 Å². The van der Waals surface area contributed by atoms with E-state index in [4.69, 9.17) is 14.2 Å². The second-order valence-electron chi connectivity index (χ2n) is 5.23. The molecule has 0 saturated carbocycles. The normalized spacial score (nSPS) is 36.9. The summed E-state index contributed by atoms with van der Waals surface area (Å²) in [7, 11) is 0. The summed E-state index contributed by atoms with van der Waals surface area (Å²) >= 11 is 0. The Balaban J connectivity index is 1.95. The maximum atomic E-state index is 10.3. The molecule has 2 unspecified atom stereocenters. The Hall–Kier alpha value is -0.920. The monoisotopic (exact) mass is 247 g/mol. The van der Waals surface area contributed by atoms with Gasteiger partial charge in [0.25, 0.3) is 5.09 Å². The number of rotatable bonds is 3. The number of hydrogen-bond donors (Lipinski definition) is 0. The molecule has 2 aliphatic heterocycles. The van der Waals surface area contributed by atoms with Crippen LogP contribution in [0.5, 0.6) is 0 Å². The van der Waals surface area contributed by atoms with Crippen LogP contribution in [-0.4, -0.2) is 48.3 Å². The molecule has 0 aliphatic carbocycles. The molecule has 17 heavy (non-hydrogen) atoms. The first-order valence-corrected chi connectivity index (χ1v) is 5.59. The lowest BCUT2D eigenvalue weighted by Gasteiger charge is -2.26. The highest BCUT2D eigenvalue weighted by Crippen LogP contribution is 2.32. The molecule has 98 valence electrons. The van der Waals surface area contributed by atoms with Crippen molar-refractivity contribution in [3.05, 3.63) is 10.1 Å². The Kier molecular flexibility index (Phi) is 3.24. The van der Waals surface area contributed by atoms with Gasteiger partial charge in [0, 0.05) is 0 Å². The van der Waals surface area contributed by atoms with Crippen LogP contribution in [0, 0.1) is 10.1 Å². The van der Waals surface area contributed by atoms with Gasteiger partial charge in [0.2, 0.25) is 0 Å². The Labute approximate surface area is 99.1 Å². The van der Waals surface area contributed by atoms with Gasteiger partial charge >= 0.3 is 0 Å². The second-order valence-corrected chi connectivity index (χ2v) is 5.23. The molecule has 2 rings (SSSR count). The van der Waals surface area contributed by atoms with Crippen molar-refractivity contribution < 1.29 is 24.1 Å². The second kappa shape index (κ2) is 4.40. The molecule has 4 atom stereocenters. The van der Waals surface area contributed by atoms with Crippen LogP contribution in [0.15, 0.2) is 0 Å². The van der Waals surface area contributed by atoms with E-state index in [-0.39, 0.29) is 24.4 Å². The van der Waals surface area contributed by atoms with E-state index >= 15 is 0 Å². The van der Waals surface area contributed by atoms with Crippen LogP contribution in [0.1, 0.15) is 20.8 Å². The minimum Gasteiger partial charge on any atom is -0.370 e. The Morgan fingerprint density at radius 1 is 1.18 bits per heavy atom. The minimum atomic E-state index is -0.808. The maximum absolute atomic E-state index is 10.3. The van der Waals surface area contributed by atoms with Gasteiger partial charge in [-0.15, -0.1) is 10.1 Å². The number of ether oxygens (including phenoxy) is 3. The van der Waals surface area contributed by atoms with Crippen molar-refractivity contribution >= 4 is 0 Å². The first-order chi connectivity index (χ1) is 7.87. The summed E-state index contributed by atoms with van der Waals surface area (Å²) in [6, 6.07) is 0. The number of nitrogens with zero attached hydrogens (tertiary/aromatic N) is 1. The Morgan fingerprint density at radius 2 is 1.71 bits per heavy atom. The molecule has 7 heteroatoms. The van der Waals surface area contributed by atoms with E-state index < -0.39 is 17.3 Å². The van der Waals surface area contributed by atoms with E-state index in [1.165, 1.54) is 0 Å². The zero-order chi connectivity index (χ0) is 12.6. The van der Waals surface area contributed by atoms with Gasteiger partial charge in [-0.3, -0.25) is 0 Å². The van der Waals surface area contributed by atoms with E-state index in [9.17, 15) is 10.1 Å². The zero-order valence-corrected chi connectivity index (χ0v) is 10.1. The quantitative estimate of drug-likeness (QED) is 0.535. The van der Waals surface area contributed by atoms with E-state index in [0.717, 1.165) is 0 Å². The standard InChI is InChI=1S/C10H17NO6/c1-10(2,3)16-6-4-14-9-7(17-11(12)13)5-15-8(6)9/h6-9H,4-5H2,1-3H3/t6?,7?,8-,9-/m0/s1.